The summed E-state index contributed by atoms with van der Waals surface area (Å²) < 4.78 is 82.5. The number of hydrogen-bond acceptors (Lipinski definition) is 8. The van der Waals surface area contributed by atoms with E-state index in [0.717, 1.165) is 49.6 Å². The molecule has 1 saturated heterocycles. The van der Waals surface area contributed by atoms with E-state index in [0.29, 0.717) is 13.1 Å². The SMILES string of the molecule is COc1cccc(CNC(=O)C2Cn3ccnc3C3(CCN(Cc4ccoc4)CC3)O2)c1.O=C(O)C(F)(F)F.O=C(O)C(F)(F)F. The topological polar surface area (TPSA) is 156 Å². The molecule has 0 radical (unpaired) electrons. The van der Waals surface area contributed by atoms with Crippen molar-refractivity contribution in [2.24, 2.45) is 0 Å². The summed E-state index contributed by atoms with van der Waals surface area (Å²) in [4.78, 5) is 37.8. The molecular weight excluding hydrogens is 634 g/mol. The molecule has 2 aliphatic rings. The zero-order chi connectivity index (χ0) is 34.1. The largest absolute Gasteiger partial charge is 0.497 e. The monoisotopic (exact) mass is 664 g/mol. The smallest absolute Gasteiger partial charge is 0.490 e. The van der Waals surface area contributed by atoms with Crippen LogP contribution >= 0.6 is 0 Å². The number of piperidine rings is 1. The van der Waals surface area contributed by atoms with E-state index in [9.17, 15) is 31.1 Å². The summed E-state index contributed by atoms with van der Waals surface area (Å²) >= 11 is 0. The van der Waals surface area contributed by atoms with Crippen LogP contribution in [0, 0.1) is 0 Å². The van der Waals surface area contributed by atoms with E-state index in [1.165, 1.54) is 5.56 Å². The van der Waals surface area contributed by atoms with Crippen LogP contribution in [0.1, 0.15) is 29.8 Å². The van der Waals surface area contributed by atoms with Gasteiger partial charge < -0.3 is 34.0 Å². The molecule has 46 heavy (non-hydrogen) atoms. The number of methoxy groups -OCH3 is 1. The van der Waals surface area contributed by atoms with E-state index in [2.05, 4.69) is 19.8 Å². The lowest BCUT2D eigenvalue weighted by atomic mass is 9.88. The third-order valence-corrected chi connectivity index (χ3v) is 6.88. The third kappa shape index (κ3) is 9.96. The van der Waals surface area contributed by atoms with Gasteiger partial charge in [0, 0.05) is 44.1 Å². The van der Waals surface area contributed by atoms with Crippen LogP contribution in [-0.4, -0.2) is 81.2 Å². The van der Waals surface area contributed by atoms with Gasteiger partial charge in [0.1, 0.15) is 17.2 Å². The number of benzene rings is 1. The molecule has 3 N–H and O–H groups in total. The first-order chi connectivity index (χ1) is 21.5. The molecule has 2 aromatic heterocycles. The second-order valence-corrected chi connectivity index (χ2v) is 10.1. The van der Waals surface area contributed by atoms with Crippen LogP contribution in [0.25, 0.3) is 0 Å². The Labute approximate surface area is 257 Å². The lowest BCUT2D eigenvalue weighted by Crippen LogP contribution is -2.53. The molecule has 12 nitrogen and oxygen atoms in total. The summed E-state index contributed by atoms with van der Waals surface area (Å²) in [5.74, 6) is -3.92. The van der Waals surface area contributed by atoms with Crippen LogP contribution in [0.5, 0.6) is 5.75 Å². The molecule has 18 heteroatoms. The van der Waals surface area contributed by atoms with Gasteiger partial charge in [0.15, 0.2) is 6.10 Å². The summed E-state index contributed by atoms with van der Waals surface area (Å²) in [7, 11) is 1.64. The van der Waals surface area contributed by atoms with Crippen LogP contribution in [0.3, 0.4) is 0 Å². The number of halogens is 6. The van der Waals surface area contributed by atoms with Gasteiger partial charge in [-0.2, -0.15) is 26.3 Å². The van der Waals surface area contributed by atoms with E-state index < -0.39 is 36.0 Å². The Balaban J connectivity index is 0.000000345. The van der Waals surface area contributed by atoms with Crippen molar-refractivity contribution in [3.8, 4) is 5.75 Å². The van der Waals surface area contributed by atoms with E-state index in [1.54, 1.807) is 25.8 Å². The zero-order valence-electron chi connectivity index (χ0n) is 24.2. The maximum Gasteiger partial charge on any atom is 0.490 e. The number of imidazole rings is 1. The number of carbonyl (C=O) groups is 3. The number of rotatable bonds is 6. The van der Waals surface area contributed by atoms with Crippen LogP contribution in [0.4, 0.5) is 26.3 Å². The fourth-order valence-electron chi connectivity index (χ4n) is 4.67. The molecule has 2 aliphatic heterocycles. The number of fused-ring (bicyclic) bond motifs is 2. The Morgan fingerprint density at radius 1 is 1.04 bits per heavy atom. The first kappa shape index (κ1) is 35.9. The number of ether oxygens (including phenoxy) is 2. The quantitative estimate of drug-likeness (QED) is 0.330. The lowest BCUT2D eigenvalue weighted by Gasteiger charge is -2.45. The molecule has 0 saturated carbocycles. The normalized spacial score (nSPS) is 17.4. The summed E-state index contributed by atoms with van der Waals surface area (Å²) in [5.41, 5.74) is 1.62. The molecule has 0 aliphatic carbocycles. The number of carboxylic acids is 2. The average Bonchev–Trinajstić information content (AvgIpc) is 3.70. The summed E-state index contributed by atoms with van der Waals surface area (Å²) in [6.07, 6.45) is -1.90. The standard InChI is InChI=1S/C24H28N4O4.2C2HF3O2/c1-30-20-4-2-3-18(13-20)14-26-22(29)21-16-28-11-8-25-23(28)24(32-21)6-9-27(10-7-24)15-19-5-12-31-17-19;2*3-2(4,5)1(6)7/h2-5,8,11-13,17,21H,6-7,9-10,14-16H2,1H3,(H,26,29);2*(H,6,7). The molecule has 252 valence electrons. The number of alkyl halides is 6. The van der Waals surface area contributed by atoms with Crippen molar-refractivity contribution in [1.29, 1.82) is 0 Å². The number of aliphatic carboxylic acids is 2. The number of nitrogens with zero attached hydrogens (tertiary/aromatic N) is 3. The number of nitrogens with one attached hydrogen (secondary N) is 1. The molecule has 1 unspecified atom stereocenters. The second-order valence-electron chi connectivity index (χ2n) is 10.1. The molecule has 4 heterocycles. The average molecular weight is 665 g/mol. The van der Waals surface area contributed by atoms with Gasteiger partial charge in [-0.25, -0.2) is 14.6 Å². The van der Waals surface area contributed by atoms with Crippen LogP contribution in [0.15, 0.2) is 59.7 Å². The van der Waals surface area contributed by atoms with E-state index >= 15 is 0 Å². The van der Waals surface area contributed by atoms with Crippen molar-refractivity contribution in [3.05, 3.63) is 72.2 Å². The molecule has 1 aromatic carbocycles. The molecule has 0 bridgehead atoms. The number of amides is 1. The molecule has 3 aromatic rings. The van der Waals surface area contributed by atoms with Crippen LogP contribution in [0.2, 0.25) is 0 Å². The van der Waals surface area contributed by atoms with Crippen molar-refractivity contribution in [1.82, 2.24) is 19.8 Å². The number of carbonyl (C=O) groups excluding carboxylic acids is 1. The van der Waals surface area contributed by atoms with Gasteiger partial charge >= 0.3 is 24.3 Å². The summed E-state index contributed by atoms with van der Waals surface area (Å²) in [5, 5.41) is 17.3. The molecule has 1 spiro atoms. The highest BCUT2D eigenvalue weighted by Crippen LogP contribution is 2.40. The number of likely N-dealkylation sites (tertiary alicyclic amines) is 1. The Bertz CT molecular complexity index is 1430. The maximum absolute atomic E-state index is 13.0. The van der Waals surface area contributed by atoms with Gasteiger partial charge in [0.05, 0.1) is 26.2 Å². The highest BCUT2D eigenvalue weighted by molar-refractivity contribution is 5.81. The Hall–Kier alpha value is -4.58. The van der Waals surface area contributed by atoms with Gasteiger partial charge in [0.25, 0.3) is 5.91 Å². The summed E-state index contributed by atoms with van der Waals surface area (Å²) in [6, 6.07) is 9.69. The predicted octanol–water partition coefficient (Wildman–Crippen LogP) is 3.96. The van der Waals surface area contributed by atoms with E-state index in [-0.39, 0.29) is 5.91 Å². The number of furan rings is 1. The lowest BCUT2D eigenvalue weighted by molar-refractivity contribution is -0.193. The Morgan fingerprint density at radius 3 is 2.22 bits per heavy atom. The minimum atomic E-state index is -5.08. The van der Waals surface area contributed by atoms with Crippen LogP contribution in [-0.2, 0) is 44.4 Å². The van der Waals surface area contributed by atoms with Crippen molar-refractivity contribution >= 4 is 17.8 Å². The van der Waals surface area contributed by atoms with Gasteiger partial charge in [-0.15, -0.1) is 0 Å². The fraction of sp³-hybridized carbons (Fsp3) is 0.429. The third-order valence-electron chi connectivity index (χ3n) is 6.88. The number of hydrogen-bond donors (Lipinski definition) is 3. The predicted molar refractivity (Wildman–Crippen MR) is 144 cm³/mol. The highest BCUT2D eigenvalue weighted by atomic mass is 19.4. The first-order valence-electron chi connectivity index (χ1n) is 13.5. The van der Waals surface area contributed by atoms with Gasteiger partial charge in [-0.1, -0.05) is 12.1 Å². The number of carboxylic acid groups (broad SMARTS) is 2. The molecule has 5 rings (SSSR count). The first-order valence-corrected chi connectivity index (χ1v) is 13.5. The van der Waals surface area contributed by atoms with E-state index in [1.807, 2.05) is 36.5 Å². The number of aromatic nitrogens is 2. The van der Waals surface area contributed by atoms with Gasteiger partial charge in [0.2, 0.25) is 0 Å². The Kier molecular flexibility index (Phi) is 11.8. The molecule has 1 fully saturated rings. The minimum Gasteiger partial charge on any atom is -0.497 e. The van der Waals surface area contributed by atoms with Gasteiger partial charge in [-0.05, 0) is 36.6 Å². The molecular formula is C28H30F6N4O8. The highest BCUT2D eigenvalue weighted by Gasteiger charge is 2.47. The van der Waals surface area contributed by atoms with Crippen molar-refractivity contribution in [3.63, 3.8) is 0 Å². The minimum absolute atomic E-state index is 0.104. The molecule has 1 amide bonds. The van der Waals surface area contributed by atoms with Crippen LogP contribution < -0.4 is 10.1 Å². The van der Waals surface area contributed by atoms with Crippen molar-refractivity contribution in [2.75, 3.05) is 20.2 Å². The van der Waals surface area contributed by atoms with E-state index in [4.69, 9.17) is 33.7 Å². The summed E-state index contributed by atoms with van der Waals surface area (Å²) in [6.45, 7) is 3.50. The fourth-order valence-corrected chi connectivity index (χ4v) is 4.67. The van der Waals surface area contributed by atoms with Crippen molar-refractivity contribution < 1.29 is 64.8 Å². The second kappa shape index (κ2) is 15.1. The van der Waals surface area contributed by atoms with Crippen molar-refractivity contribution in [2.45, 2.75) is 56.5 Å². The Morgan fingerprint density at radius 2 is 1.67 bits per heavy atom. The van der Waals surface area contributed by atoms with Gasteiger partial charge in [-0.3, -0.25) is 9.69 Å². The zero-order valence-corrected chi connectivity index (χ0v) is 24.2. The molecule has 1 atom stereocenters. The maximum atomic E-state index is 13.0.